The van der Waals surface area contributed by atoms with Crippen LogP contribution in [0, 0.1) is 0 Å². The largest absolute Gasteiger partial charge is 0.494 e. The van der Waals surface area contributed by atoms with Crippen LogP contribution >= 0.6 is 0 Å². The van der Waals surface area contributed by atoms with Crippen LogP contribution in [0.5, 0.6) is 11.5 Å². The number of unbranched alkanes of at least 4 members (excludes halogenated alkanes) is 1. The SMILES string of the molecule is CCCCOc1ccc(S(=O)(=O)Nc2ccccc2OCC)cc1. The molecule has 2 rings (SSSR count). The Morgan fingerprint density at radius 2 is 1.67 bits per heavy atom. The molecule has 5 nitrogen and oxygen atoms in total. The average molecular weight is 349 g/mol. The minimum Gasteiger partial charge on any atom is -0.494 e. The summed E-state index contributed by atoms with van der Waals surface area (Å²) in [6, 6.07) is 13.4. The van der Waals surface area contributed by atoms with E-state index >= 15 is 0 Å². The maximum absolute atomic E-state index is 12.5. The van der Waals surface area contributed by atoms with E-state index in [1.807, 2.05) is 6.92 Å². The van der Waals surface area contributed by atoms with Crippen molar-refractivity contribution in [2.24, 2.45) is 0 Å². The lowest BCUT2D eigenvalue weighted by Gasteiger charge is -2.13. The Morgan fingerprint density at radius 3 is 2.33 bits per heavy atom. The number of sulfonamides is 1. The summed E-state index contributed by atoms with van der Waals surface area (Å²) in [5.41, 5.74) is 0.419. The van der Waals surface area contributed by atoms with Crippen LogP contribution in [-0.2, 0) is 10.0 Å². The minimum atomic E-state index is -3.68. The summed E-state index contributed by atoms with van der Waals surface area (Å²) in [6.07, 6.45) is 2.02. The Kier molecular flexibility index (Phi) is 6.49. The highest BCUT2D eigenvalue weighted by Crippen LogP contribution is 2.27. The van der Waals surface area contributed by atoms with Crippen molar-refractivity contribution in [1.29, 1.82) is 0 Å². The lowest BCUT2D eigenvalue weighted by Crippen LogP contribution is -2.13. The summed E-state index contributed by atoms with van der Waals surface area (Å²) >= 11 is 0. The summed E-state index contributed by atoms with van der Waals surface area (Å²) in [5, 5.41) is 0. The smallest absolute Gasteiger partial charge is 0.262 e. The lowest BCUT2D eigenvalue weighted by molar-refractivity contribution is 0.309. The molecule has 1 N–H and O–H groups in total. The van der Waals surface area contributed by atoms with Crippen molar-refractivity contribution >= 4 is 15.7 Å². The van der Waals surface area contributed by atoms with E-state index in [2.05, 4.69) is 11.6 Å². The van der Waals surface area contributed by atoms with Crippen molar-refractivity contribution in [3.05, 3.63) is 48.5 Å². The fourth-order valence-electron chi connectivity index (χ4n) is 2.09. The molecule has 0 aliphatic heterocycles. The van der Waals surface area contributed by atoms with Gasteiger partial charge in [0.15, 0.2) is 0 Å². The normalized spacial score (nSPS) is 11.1. The molecule has 2 aromatic carbocycles. The average Bonchev–Trinajstić information content (AvgIpc) is 2.57. The molecule has 0 atom stereocenters. The molecule has 0 unspecified atom stereocenters. The first kappa shape index (κ1) is 18.1. The molecule has 0 amide bonds. The Balaban J connectivity index is 2.13. The van der Waals surface area contributed by atoms with Crippen LogP contribution < -0.4 is 14.2 Å². The quantitative estimate of drug-likeness (QED) is 0.693. The van der Waals surface area contributed by atoms with Crippen LogP contribution in [0.4, 0.5) is 5.69 Å². The Bertz CT molecular complexity index is 742. The van der Waals surface area contributed by atoms with Crippen molar-refractivity contribution in [3.8, 4) is 11.5 Å². The summed E-state index contributed by atoms with van der Waals surface area (Å²) in [6.45, 7) is 5.03. The number of anilines is 1. The second kappa shape index (κ2) is 8.59. The number of ether oxygens (including phenoxy) is 2. The van der Waals surface area contributed by atoms with Crippen LogP contribution in [0.15, 0.2) is 53.4 Å². The maximum Gasteiger partial charge on any atom is 0.262 e. The van der Waals surface area contributed by atoms with Gasteiger partial charge >= 0.3 is 0 Å². The molecule has 0 radical (unpaired) electrons. The van der Waals surface area contributed by atoms with E-state index in [1.165, 1.54) is 12.1 Å². The number of rotatable bonds is 9. The lowest BCUT2D eigenvalue weighted by atomic mass is 10.3. The molecule has 130 valence electrons. The molecule has 6 heteroatoms. The topological polar surface area (TPSA) is 64.6 Å². The molecule has 0 saturated heterocycles. The molecular weight excluding hydrogens is 326 g/mol. The molecule has 0 aliphatic rings. The molecule has 2 aromatic rings. The maximum atomic E-state index is 12.5. The first-order valence-corrected chi connectivity index (χ1v) is 9.52. The molecule has 0 heterocycles. The van der Waals surface area contributed by atoms with Crippen LogP contribution in [0.3, 0.4) is 0 Å². The fourth-order valence-corrected chi connectivity index (χ4v) is 3.16. The molecule has 0 bridgehead atoms. The molecule has 0 saturated carbocycles. The second-order valence-electron chi connectivity index (χ2n) is 5.21. The third-order valence-corrected chi connectivity index (χ3v) is 4.71. The van der Waals surface area contributed by atoms with Gasteiger partial charge in [0.1, 0.15) is 11.5 Å². The highest BCUT2D eigenvalue weighted by Gasteiger charge is 2.16. The van der Waals surface area contributed by atoms with Gasteiger partial charge in [-0.25, -0.2) is 8.42 Å². The van der Waals surface area contributed by atoms with Gasteiger partial charge in [0.2, 0.25) is 0 Å². The zero-order valence-corrected chi connectivity index (χ0v) is 14.8. The summed E-state index contributed by atoms with van der Waals surface area (Å²) in [5.74, 6) is 1.17. The third-order valence-electron chi connectivity index (χ3n) is 3.33. The number of para-hydroxylation sites is 2. The van der Waals surface area contributed by atoms with E-state index in [0.29, 0.717) is 30.4 Å². The third kappa shape index (κ3) is 4.89. The van der Waals surface area contributed by atoms with Crippen molar-refractivity contribution in [2.75, 3.05) is 17.9 Å². The standard InChI is InChI=1S/C18H23NO4S/c1-3-5-14-23-15-10-12-16(13-11-15)24(20,21)19-17-8-6-7-9-18(17)22-4-2/h6-13,19H,3-5,14H2,1-2H3. The van der Waals surface area contributed by atoms with E-state index in [1.54, 1.807) is 36.4 Å². The second-order valence-corrected chi connectivity index (χ2v) is 6.89. The predicted molar refractivity (Wildman–Crippen MR) is 95.3 cm³/mol. The van der Waals surface area contributed by atoms with Crippen LogP contribution in [0.1, 0.15) is 26.7 Å². The highest BCUT2D eigenvalue weighted by molar-refractivity contribution is 7.92. The van der Waals surface area contributed by atoms with Crippen molar-refractivity contribution in [3.63, 3.8) is 0 Å². The van der Waals surface area contributed by atoms with Gasteiger partial charge in [-0.3, -0.25) is 4.72 Å². The first-order valence-electron chi connectivity index (χ1n) is 8.04. The molecule has 0 spiro atoms. The van der Waals surface area contributed by atoms with E-state index in [4.69, 9.17) is 9.47 Å². The summed E-state index contributed by atoms with van der Waals surface area (Å²) in [7, 11) is -3.68. The van der Waals surface area contributed by atoms with E-state index in [0.717, 1.165) is 12.8 Å². The van der Waals surface area contributed by atoms with E-state index < -0.39 is 10.0 Å². The van der Waals surface area contributed by atoms with Crippen LogP contribution in [0.2, 0.25) is 0 Å². The van der Waals surface area contributed by atoms with E-state index in [9.17, 15) is 8.42 Å². The Labute approximate surface area is 143 Å². The van der Waals surface area contributed by atoms with Crippen LogP contribution in [0.25, 0.3) is 0 Å². The van der Waals surface area contributed by atoms with Crippen molar-refractivity contribution in [1.82, 2.24) is 0 Å². The Morgan fingerprint density at radius 1 is 0.958 bits per heavy atom. The number of benzene rings is 2. The van der Waals surface area contributed by atoms with Crippen molar-refractivity contribution < 1.29 is 17.9 Å². The van der Waals surface area contributed by atoms with Gasteiger partial charge in [-0.15, -0.1) is 0 Å². The molecule has 0 fully saturated rings. The molecular formula is C18H23NO4S. The van der Waals surface area contributed by atoms with Gasteiger partial charge in [0, 0.05) is 0 Å². The first-order chi connectivity index (χ1) is 11.6. The zero-order valence-electron chi connectivity index (χ0n) is 14.0. The number of hydrogen-bond acceptors (Lipinski definition) is 4. The molecule has 24 heavy (non-hydrogen) atoms. The van der Waals surface area contributed by atoms with E-state index in [-0.39, 0.29) is 4.90 Å². The van der Waals surface area contributed by atoms with Gasteiger partial charge in [-0.1, -0.05) is 25.5 Å². The zero-order chi connectivity index (χ0) is 17.4. The van der Waals surface area contributed by atoms with Gasteiger partial charge in [0.25, 0.3) is 10.0 Å². The molecule has 0 aromatic heterocycles. The summed E-state index contributed by atoms with van der Waals surface area (Å²) in [4.78, 5) is 0.177. The van der Waals surface area contributed by atoms with Gasteiger partial charge in [-0.05, 0) is 49.7 Å². The highest BCUT2D eigenvalue weighted by atomic mass is 32.2. The molecule has 0 aliphatic carbocycles. The predicted octanol–water partition coefficient (Wildman–Crippen LogP) is 4.07. The Hall–Kier alpha value is -2.21. The summed E-state index contributed by atoms with van der Waals surface area (Å²) < 4.78 is 38.6. The van der Waals surface area contributed by atoms with Gasteiger partial charge < -0.3 is 9.47 Å². The van der Waals surface area contributed by atoms with Gasteiger partial charge in [0.05, 0.1) is 23.8 Å². The van der Waals surface area contributed by atoms with Gasteiger partial charge in [-0.2, -0.15) is 0 Å². The fraction of sp³-hybridized carbons (Fsp3) is 0.333. The monoisotopic (exact) mass is 349 g/mol. The number of nitrogens with one attached hydrogen (secondary N) is 1. The van der Waals surface area contributed by atoms with Crippen molar-refractivity contribution in [2.45, 2.75) is 31.6 Å². The minimum absolute atomic E-state index is 0.177. The number of hydrogen-bond donors (Lipinski definition) is 1. The van der Waals surface area contributed by atoms with Crippen LogP contribution in [-0.4, -0.2) is 21.6 Å².